The molecule has 0 atom stereocenters. The molecule has 36 heavy (non-hydrogen) atoms. The highest BCUT2D eigenvalue weighted by Crippen LogP contribution is 2.26. The van der Waals surface area contributed by atoms with E-state index in [2.05, 4.69) is 16.0 Å². The van der Waals surface area contributed by atoms with Crippen molar-refractivity contribution in [2.24, 2.45) is 0 Å². The van der Waals surface area contributed by atoms with Crippen LogP contribution in [0.15, 0.2) is 60.7 Å². The van der Waals surface area contributed by atoms with E-state index in [9.17, 15) is 4.79 Å². The number of ether oxygens (including phenoxy) is 2. The lowest BCUT2D eigenvalue weighted by molar-refractivity contribution is -0.123. The van der Waals surface area contributed by atoms with Gasteiger partial charge in [0.1, 0.15) is 23.9 Å². The molecule has 8 heteroatoms. The highest BCUT2D eigenvalue weighted by molar-refractivity contribution is 6.32. The van der Waals surface area contributed by atoms with E-state index in [4.69, 9.17) is 37.7 Å². The van der Waals surface area contributed by atoms with E-state index >= 15 is 0 Å². The fraction of sp³-hybridized carbons (Fsp3) is 0.286. The molecule has 0 unspecified atom stereocenters. The molecular formula is C28H29Cl2N3O3. The van der Waals surface area contributed by atoms with E-state index in [-0.39, 0.29) is 12.5 Å². The second-order valence-corrected chi connectivity index (χ2v) is 9.40. The molecule has 3 aromatic carbocycles. The Morgan fingerprint density at radius 3 is 2.44 bits per heavy atom. The number of fused-ring (bicyclic) bond motifs is 1. The van der Waals surface area contributed by atoms with Crippen LogP contribution in [0.2, 0.25) is 10.0 Å². The Labute approximate surface area is 221 Å². The van der Waals surface area contributed by atoms with Gasteiger partial charge in [-0.05, 0) is 79.9 Å². The zero-order valence-electron chi connectivity index (χ0n) is 20.4. The molecule has 6 nitrogen and oxygen atoms in total. The predicted molar refractivity (Wildman–Crippen MR) is 144 cm³/mol. The van der Waals surface area contributed by atoms with Crippen LogP contribution in [0.4, 0.5) is 0 Å². The number of halogens is 2. The van der Waals surface area contributed by atoms with E-state index in [0.29, 0.717) is 30.5 Å². The predicted octanol–water partition coefficient (Wildman–Crippen LogP) is 6.17. The molecule has 0 radical (unpaired) electrons. The molecule has 0 aliphatic carbocycles. The number of carbonyl (C=O) groups is 1. The lowest BCUT2D eigenvalue weighted by Crippen LogP contribution is -2.30. The Balaban J connectivity index is 1.30. The first-order chi connectivity index (χ1) is 17.4. The topological polar surface area (TPSA) is 65.4 Å². The van der Waals surface area contributed by atoms with Gasteiger partial charge >= 0.3 is 0 Å². The number of hydrogen-bond acceptors (Lipinski definition) is 4. The number of aromatic nitrogens is 2. The first kappa shape index (κ1) is 25.9. The quantitative estimate of drug-likeness (QED) is 0.238. The highest BCUT2D eigenvalue weighted by atomic mass is 35.5. The molecule has 0 aliphatic rings. The van der Waals surface area contributed by atoms with E-state index in [1.54, 1.807) is 24.3 Å². The van der Waals surface area contributed by atoms with Crippen LogP contribution in [-0.4, -0.2) is 35.2 Å². The number of amides is 1. The van der Waals surface area contributed by atoms with Crippen LogP contribution in [0.1, 0.15) is 23.4 Å². The van der Waals surface area contributed by atoms with Crippen molar-refractivity contribution >= 4 is 40.1 Å². The zero-order chi connectivity index (χ0) is 25.5. The fourth-order valence-corrected chi connectivity index (χ4v) is 4.25. The summed E-state index contributed by atoms with van der Waals surface area (Å²) < 4.78 is 13.7. The Hall–Kier alpha value is -3.22. The van der Waals surface area contributed by atoms with Gasteiger partial charge in [-0.1, -0.05) is 35.3 Å². The van der Waals surface area contributed by atoms with Gasteiger partial charge in [-0.25, -0.2) is 4.98 Å². The monoisotopic (exact) mass is 525 g/mol. The van der Waals surface area contributed by atoms with Gasteiger partial charge in [0.15, 0.2) is 6.61 Å². The van der Waals surface area contributed by atoms with E-state index in [1.807, 2.05) is 44.2 Å². The van der Waals surface area contributed by atoms with E-state index in [1.165, 1.54) is 0 Å². The fourth-order valence-electron chi connectivity index (χ4n) is 4.02. The summed E-state index contributed by atoms with van der Waals surface area (Å²) in [6.07, 6.45) is 1.48. The SMILES string of the molecule is Cc1cc(OCCn2c(CCCNC(=O)COc3ccc(Cl)cc3)nc3ccccc32)cc(C)c1Cl. The number of hydrogen-bond donors (Lipinski definition) is 1. The molecule has 4 rings (SSSR count). The van der Waals surface area contributed by atoms with E-state index in [0.717, 1.165) is 51.6 Å². The number of aryl methyl sites for hydroxylation is 3. The molecule has 1 heterocycles. The largest absolute Gasteiger partial charge is 0.492 e. The standard InChI is InChI=1S/C28H29Cl2N3O3/c1-19-16-23(17-20(2)28(19)30)35-15-14-33-25-7-4-3-6-24(25)32-26(33)8-5-13-31-27(34)18-36-22-11-9-21(29)10-12-22/h3-4,6-7,9-12,16-17H,5,8,13-15,18H2,1-2H3,(H,31,34). The van der Waals surface area contributed by atoms with Crippen molar-refractivity contribution < 1.29 is 14.3 Å². The maximum atomic E-state index is 12.1. The van der Waals surface area contributed by atoms with Gasteiger partial charge in [0, 0.05) is 23.0 Å². The first-order valence-electron chi connectivity index (χ1n) is 11.9. The number of para-hydroxylation sites is 2. The molecule has 0 saturated heterocycles. The molecular weight excluding hydrogens is 497 g/mol. The third kappa shape index (κ3) is 6.71. The van der Waals surface area contributed by atoms with Gasteiger partial charge in [0.2, 0.25) is 0 Å². The van der Waals surface area contributed by atoms with Gasteiger partial charge in [0.25, 0.3) is 5.91 Å². The minimum absolute atomic E-state index is 0.0405. The van der Waals surface area contributed by atoms with Gasteiger partial charge in [-0.2, -0.15) is 0 Å². The minimum atomic E-state index is -0.166. The summed E-state index contributed by atoms with van der Waals surface area (Å²) in [5.41, 5.74) is 4.02. The first-order valence-corrected chi connectivity index (χ1v) is 12.6. The lowest BCUT2D eigenvalue weighted by Gasteiger charge is -2.13. The minimum Gasteiger partial charge on any atom is -0.492 e. The summed E-state index contributed by atoms with van der Waals surface area (Å²) in [5.74, 6) is 2.22. The van der Waals surface area contributed by atoms with Crippen molar-refractivity contribution in [1.82, 2.24) is 14.9 Å². The summed E-state index contributed by atoms with van der Waals surface area (Å²) in [6.45, 7) is 5.62. The van der Waals surface area contributed by atoms with Crippen molar-refractivity contribution in [1.29, 1.82) is 0 Å². The summed E-state index contributed by atoms with van der Waals surface area (Å²) in [4.78, 5) is 17.0. The van der Waals surface area contributed by atoms with Crippen molar-refractivity contribution in [2.75, 3.05) is 19.8 Å². The third-order valence-corrected chi connectivity index (χ3v) is 6.66. The number of carbonyl (C=O) groups excluding carboxylic acids is 1. The maximum absolute atomic E-state index is 12.1. The molecule has 0 aliphatic heterocycles. The van der Waals surface area contributed by atoms with Gasteiger partial charge in [0.05, 0.1) is 17.6 Å². The molecule has 188 valence electrons. The van der Waals surface area contributed by atoms with E-state index < -0.39 is 0 Å². The Morgan fingerprint density at radius 1 is 0.972 bits per heavy atom. The summed E-state index contributed by atoms with van der Waals surface area (Å²) in [5, 5.41) is 4.30. The van der Waals surface area contributed by atoms with Crippen molar-refractivity contribution in [2.45, 2.75) is 33.2 Å². The van der Waals surface area contributed by atoms with Gasteiger partial charge < -0.3 is 19.4 Å². The second-order valence-electron chi connectivity index (χ2n) is 8.58. The second kappa shape index (κ2) is 12.2. The number of imidazole rings is 1. The van der Waals surface area contributed by atoms with Crippen molar-refractivity contribution in [3.63, 3.8) is 0 Å². The van der Waals surface area contributed by atoms with Gasteiger partial charge in [-0.15, -0.1) is 0 Å². The lowest BCUT2D eigenvalue weighted by atomic mass is 10.1. The average molecular weight is 526 g/mol. The zero-order valence-corrected chi connectivity index (χ0v) is 21.9. The van der Waals surface area contributed by atoms with Crippen LogP contribution < -0.4 is 14.8 Å². The molecule has 1 aromatic heterocycles. The molecule has 4 aromatic rings. The molecule has 0 saturated carbocycles. The number of rotatable bonds is 11. The average Bonchev–Trinajstić information content (AvgIpc) is 3.22. The van der Waals surface area contributed by atoms with Crippen LogP contribution in [0, 0.1) is 13.8 Å². The molecule has 1 amide bonds. The van der Waals surface area contributed by atoms with Crippen LogP contribution >= 0.6 is 23.2 Å². The maximum Gasteiger partial charge on any atom is 0.257 e. The van der Waals surface area contributed by atoms with Crippen LogP contribution in [0.5, 0.6) is 11.5 Å². The van der Waals surface area contributed by atoms with Crippen molar-refractivity contribution in [3.05, 3.63) is 87.7 Å². The Morgan fingerprint density at radius 2 is 1.69 bits per heavy atom. The Bertz CT molecular complexity index is 1310. The van der Waals surface area contributed by atoms with Crippen LogP contribution in [-0.2, 0) is 17.8 Å². The van der Waals surface area contributed by atoms with Crippen LogP contribution in [0.3, 0.4) is 0 Å². The van der Waals surface area contributed by atoms with Crippen LogP contribution in [0.25, 0.3) is 11.0 Å². The van der Waals surface area contributed by atoms with Gasteiger partial charge in [-0.3, -0.25) is 4.79 Å². The molecule has 0 bridgehead atoms. The third-order valence-electron chi connectivity index (χ3n) is 5.81. The summed E-state index contributed by atoms with van der Waals surface area (Å²) in [6, 6.07) is 18.9. The normalized spacial score (nSPS) is 11.0. The number of nitrogens with one attached hydrogen (secondary N) is 1. The summed E-state index contributed by atoms with van der Waals surface area (Å²) in [7, 11) is 0. The number of benzene rings is 3. The highest BCUT2D eigenvalue weighted by Gasteiger charge is 2.11. The van der Waals surface area contributed by atoms with Crippen molar-refractivity contribution in [3.8, 4) is 11.5 Å². The smallest absolute Gasteiger partial charge is 0.257 e. The summed E-state index contributed by atoms with van der Waals surface area (Å²) >= 11 is 12.1. The molecule has 0 spiro atoms. The molecule has 0 fully saturated rings. The Kier molecular flexibility index (Phi) is 8.73. The number of nitrogens with zero attached hydrogens (tertiary/aromatic N) is 2. The molecule has 1 N–H and O–H groups in total.